The van der Waals surface area contributed by atoms with Gasteiger partial charge in [-0.1, -0.05) is 107 Å². The third-order valence-corrected chi connectivity index (χ3v) is 8.95. The van der Waals surface area contributed by atoms with E-state index in [1.165, 1.54) is 0 Å². The second kappa shape index (κ2) is 11.2. The number of hydrogen-bond acceptors (Lipinski definition) is 4. The van der Waals surface area contributed by atoms with Crippen molar-refractivity contribution in [2.75, 3.05) is 0 Å². The number of nitrogens with zero attached hydrogens (tertiary/aromatic N) is 2. The summed E-state index contributed by atoms with van der Waals surface area (Å²) in [5.41, 5.74) is 0.759. The smallest absolute Gasteiger partial charge is 0.169 e. The average Bonchev–Trinajstić information content (AvgIpc) is 2.98. The van der Waals surface area contributed by atoms with Gasteiger partial charge in [-0.15, -0.1) is 0 Å². The van der Waals surface area contributed by atoms with E-state index in [2.05, 4.69) is 12.1 Å². The molecule has 0 amide bonds. The molecule has 5 rings (SSSR count). The standard InChI is InChI=1S/C35H28Cl2N2O2/c1-22-3-7-25(8-4-22)31-32(33(40)26-9-5-23(2)6-10-26)35(41,27-13-17-29(37)18-14-27)19-30(34(31,20-38)21-39)24-11-15-28(36)16-12-24/h3-18,30-32,41H,19H2,1-2H3/t30-,31-,32-,35+/m0/s1. The summed E-state index contributed by atoms with van der Waals surface area (Å²) >= 11 is 12.4. The molecule has 0 aliphatic heterocycles. The predicted molar refractivity (Wildman–Crippen MR) is 161 cm³/mol. The normalized spacial score (nSPS) is 23.2. The Hall–Kier alpha value is -3.93. The maximum absolute atomic E-state index is 14.6. The zero-order valence-electron chi connectivity index (χ0n) is 22.7. The van der Waals surface area contributed by atoms with E-state index in [1.807, 2.05) is 50.2 Å². The quantitative estimate of drug-likeness (QED) is 0.241. The average molecular weight is 580 g/mol. The molecule has 0 spiro atoms. The molecular formula is C35H28Cl2N2O2. The molecule has 41 heavy (non-hydrogen) atoms. The molecule has 0 bridgehead atoms. The van der Waals surface area contributed by atoms with Crippen LogP contribution >= 0.6 is 23.2 Å². The number of aryl methyl sites for hydroxylation is 2. The molecule has 4 aromatic rings. The highest BCUT2D eigenvalue weighted by molar-refractivity contribution is 6.30. The van der Waals surface area contributed by atoms with Gasteiger partial charge in [0.15, 0.2) is 11.2 Å². The molecule has 0 radical (unpaired) electrons. The van der Waals surface area contributed by atoms with Gasteiger partial charge < -0.3 is 5.11 Å². The van der Waals surface area contributed by atoms with Gasteiger partial charge in [0.1, 0.15) is 5.60 Å². The Morgan fingerprint density at radius 2 is 1.22 bits per heavy atom. The first-order valence-electron chi connectivity index (χ1n) is 13.4. The van der Waals surface area contributed by atoms with E-state index < -0.39 is 28.8 Å². The van der Waals surface area contributed by atoms with Crippen LogP contribution in [0.5, 0.6) is 0 Å². The van der Waals surface area contributed by atoms with Crippen molar-refractivity contribution >= 4 is 29.0 Å². The van der Waals surface area contributed by atoms with E-state index in [0.717, 1.165) is 11.1 Å². The van der Waals surface area contributed by atoms with E-state index in [9.17, 15) is 20.4 Å². The molecule has 1 N–H and O–H groups in total. The van der Waals surface area contributed by atoms with Crippen molar-refractivity contribution in [3.8, 4) is 12.1 Å². The highest BCUT2D eigenvalue weighted by Gasteiger charge is 2.64. The first-order valence-corrected chi connectivity index (χ1v) is 14.1. The summed E-state index contributed by atoms with van der Waals surface area (Å²) in [6, 6.07) is 33.2. The van der Waals surface area contributed by atoms with Crippen LogP contribution < -0.4 is 0 Å². The Morgan fingerprint density at radius 3 is 1.73 bits per heavy atom. The maximum atomic E-state index is 14.6. The number of Topliss-reactive ketones (excluding diaryl/α,β-unsaturated/α-hetero) is 1. The molecule has 0 saturated heterocycles. The largest absolute Gasteiger partial charge is 0.384 e. The minimum atomic E-state index is -1.75. The van der Waals surface area contributed by atoms with Crippen molar-refractivity contribution in [2.24, 2.45) is 11.3 Å². The minimum Gasteiger partial charge on any atom is -0.384 e. The van der Waals surface area contributed by atoms with Crippen LogP contribution in [0.15, 0.2) is 97.1 Å². The molecule has 4 atom stereocenters. The van der Waals surface area contributed by atoms with Crippen LogP contribution in [0.3, 0.4) is 0 Å². The molecule has 6 heteroatoms. The Labute approximate surface area is 250 Å². The van der Waals surface area contributed by atoms with Crippen LogP contribution in [-0.4, -0.2) is 10.9 Å². The third-order valence-electron chi connectivity index (χ3n) is 8.44. The zero-order valence-corrected chi connectivity index (χ0v) is 24.2. The predicted octanol–water partition coefficient (Wildman–Crippen LogP) is 8.30. The van der Waals surface area contributed by atoms with Crippen LogP contribution in [0.1, 0.15) is 56.4 Å². The lowest BCUT2D eigenvalue weighted by Gasteiger charge is -2.53. The molecule has 0 unspecified atom stereocenters. The summed E-state index contributed by atoms with van der Waals surface area (Å²) in [5, 5.41) is 35.6. The SMILES string of the molecule is Cc1ccc(C(=O)[C@@H]2[C@H](c3ccc(C)cc3)C(C#N)(C#N)[C@H](c3ccc(Cl)cc3)C[C@@]2(O)c2ccc(Cl)cc2)cc1. The number of aliphatic hydroxyl groups is 1. The van der Waals surface area contributed by atoms with Crippen LogP contribution in [0.2, 0.25) is 10.0 Å². The molecule has 0 aromatic heterocycles. The summed E-state index contributed by atoms with van der Waals surface area (Å²) in [5.74, 6) is -3.21. The Balaban J connectivity index is 1.85. The van der Waals surface area contributed by atoms with Crippen LogP contribution in [0.25, 0.3) is 0 Å². The van der Waals surface area contributed by atoms with Crippen LogP contribution in [0.4, 0.5) is 0 Å². The summed E-state index contributed by atoms with van der Waals surface area (Å²) in [6.45, 7) is 3.88. The molecule has 204 valence electrons. The minimum absolute atomic E-state index is 0.0397. The summed E-state index contributed by atoms with van der Waals surface area (Å²) in [4.78, 5) is 14.6. The van der Waals surface area contributed by atoms with Gasteiger partial charge in [0.25, 0.3) is 0 Å². The van der Waals surface area contributed by atoms with Crippen molar-refractivity contribution in [3.05, 3.63) is 140 Å². The second-order valence-electron chi connectivity index (χ2n) is 10.9. The molecular weight excluding hydrogens is 551 g/mol. The van der Waals surface area contributed by atoms with Gasteiger partial charge in [0, 0.05) is 27.4 Å². The number of carbonyl (C=O) groups is 1. The van der Waals surface area contributed by atoms with Crippen LogP contribution in [-0.2, 0) is 5.60 Å². The van der Waals surface area contributed by atoms with Gasteiger partial charge in [-0.2, -0.15) is 10.5 Å². The molecule has 0 heterocycles. The number of benzene rings is 4. The van der Waals surface area contributed by atoms with Gasteiger partial charge in [-0.3, -0.25) is 4.79 Å². The molecule has 4 nitrogen and oxygen atoms in total. The van der Waals surface area contributed by atoms with Crippen molar-refractivity contribution in [2.45, 2.75) is 37.7 Å². The lowest BCUT2D eigenvalue weighted by atomic mass is 9.48. The number of halogens is 2. The Morgan fingerprint density at radius 1 is 0.756 bits per heavy atom. The van der Waals surface area contributed by atoms with E-state index >= 15 is 0 Å². The second-order valence-corrected chi connectivity index (χ2v) is 11.8. The summed E-state index contributed by atoms with van der Waals surface area (Å²) in [7, 11) is 0. The molecule has 1 saturated carbocycles. The Kier molecular flexibility index (Phi) is 7.78. The first-order chi connectivity index (χ1) is 19.6. The third kappa shape index (κ3) is 5.05. The van der Waals surface area contributed by atoms with Crippen molar-refractivity contribution < 1.29 is 9.90 Å². The maximum Gasteiger partial charge on any atom is 0.169 e. The van der Waals surface area contributed by atoms with Crippen molar-refractivity contribution in [1.82, 2.24) is 0 Å². The highest BCUT2D eigenvalue weighted by Crippen LogP contribution is 2.63. The number of nitriles is 2. The topological polar surface area (TPSA) is 84.9 Å². The van der Waals surface area contributed by atoms with E-state index in [-0.39, 0.29) is 12.2 Å². The summed E-state index contributed by atoms with van der Waals surface area (Å²) in [6.07, 6.45) is -0.0397. The van der Waals surface area contributed by atoms with Gasteiger partial charge in [0.05, 0.1) is 18.1 Å². The van der Waals surface area contributed by atoms with Gasteiger partial charge in [-0.25, -0.2) is 0 Å². The van der Waals surface area contributed by atoms with E-state index in [1.54, 1.807) is 60.7 Å². The lowest BCUT2D eigenvalue weighted by molar-refractivity contribution is -0.0783. The first kappa shape index (κ1) is 28.6. The number of rotatable bonds is 5. The summed E-state index contributed by atoms with van der Waals surface area (Å²) < 4.78 is 0. The van der Waals surface area contributed by atoms with Gasteiger partial charge in [-0.05, 0) is 61.2 Å². The molecule has 4 aromatic carbocycles. The fraction of sp³-hybridized carbons (Fsp3) is 0.229. The molecule has 1 aliphatic rings. The van der Waals surface area contributed by atoms with Crippen molar-refractivity contribution in [3.63, 3.8) is 0 Å². The van der Waals surface area contributed by atoms with Crippen LogP contribution in [0, 0.1) is 47.8 Å². The molecule has 1 fully saturated rings. The number of carbonyl (C=O) groups excluding carboxylic acids is 1. The highest BCUT2D eigenvalue weighted by atomic mass is 35.5. The number of ketones is 1. The van der Waals surface area contributed by atoms with Gasteiger partial charge in [0.2, 0.25) is 0 Å². The monoisotopic (exact) mass is 578 g/mol. The van der Waals surface area contributed by atoms with E-state index in [4.69, 9.17) is 23.2 Å². The number of hydrogen-bond donors (Lipinski definition) is 1. The lowest BCUT2D eigenvalue weighted by Crippen LogP contribution is -2.55. The van der Waals surface area contributed by atoms with E-state index in [0.29, 0.717) is 32.3 Å². The fourth-order valence-electron chi connectivity index (χ4n) is 6.28. The van der Waals surface area contributed by atoms with Crippen molar-refractivity contribution in [1.29, 1.82) is 10.5 Å². The molecule has 1 aliphatic carbocycles. The van der Waals surface area contributed by atoms with Gasteiger partial charge >= 0.3 is 0 Å². The Bertz CT molecular complexity index is 1640. The zero-order chi connectivity index (χ0) is 29.4. The fourth-order valence-corrected chi connectivity index (χ4v) is 6.53.